The van der Waals surface area contributed by atoms with Crippen LogP contribution >= 0.6 is 0 Å². The highest BCUT2D eigenvalue weighted by Gasteiger charge is 2.13. The Morgan fingerprint density at radius 1 is 1.33 bits per heavy atom. The summed E-state index contributed by atoms with van der Waals surface area (Å²) in [4.78, 5) is 8.44. The van der Waals surface area contributed by atoms with Crippen LogP contribution < -0.4 is 0 Å². The molecule has 0 saturated heterocycles. The van der Waals surface area contributed by atoms with E-state index in [9.17, 15) is 0 Å². The molecule has 1 aromatic carbocycles. The van der Waals surface area contributed by atoms with Crippen molar-refractivity contribution in [3.05, 3.63) is 30.2 Å². The molecule has 0 bridgehead atoms. The minimum Gasteiger partial charge on any atom is -0.342 e. The number of hydrogen-bond donors (Lipinski definition) is 0. The third-order valence-corrected chi connectivity index (χ3v) is 2.46. The molecule has 1 aromatic heterocycles. The van der Waals surface area contributed by atoms with Crippen molar-refractivity contribution in [2.24, 2.45) is 4.99 Å². The van der Waals surface area contributed by atoms with E-state index in [4.69, 9.17) is 4.52 Å². The van der Waals surface area contributed by atoms with Crippen LogP contribution in [0.3, 0.4) is 0 Å². The molecule has 0 atom stereocenters. The molecule has 1 aliphatic rings. The molecule has 0 radical (unpaired) electrons. The minimum absolute atomic E-state index is 0.627. The van der Waals surface area contributed by atoms with Crippen molar-refractivity contribution in [3.8, 4) is 11.4 Å². The van der Waals surface area contributed by atoms with Gasteiger partial charge in [-0.2, -0.15) is 4.98 Å². The highest BCUT2D eigenvalue weighted by molar-refractivity contribution is 5.92. The summed E-state index contributed by atoms with van der Waals surface area (Å²) < 4.78 is 4.72. The molecule has 0 fully saturated rings. The highest BCUT2D eigenvalue weighted by atomic mass is 16.5. The molecule has 1 aliphatic heterocycles. The Morgan fingerprint density at radius 3 is 3.07 bits per heavy atom. The molecule has 2 heterocycles. The molecule has 0 N–H and O–H groups in total. The van der Waals surface area contributed by atoms with E-state index in [0.717, 1.165) is 23.4 Å². The van der Waals surface area contributed by atoms with Crippen LogP contribution in [0.2, 0.25) is 0 Å². The van der Waals surface area contributed by atoms with E-state index in [-0.39, 0.29) is 0 Å². The van der Waals surface area contributed by atoms with Crippen LogP contribution in [0.25, 0.3) is 11.4 Å². The number of aromatic nitrogens is 2. The van der Waals surface area contributed by atoms with Gasteiger partial charge in [-0.05, 0) is 30.7 Å². The topological polar surface area (TPSA) is 51.3 Å². The first-order chi connectivity index (χ1) is 7.33. The van der Waals surface area contributed by atoms with Gasteiger partial charge in [0.2, 0.25) is 12.2 Å². The zero-order chi connectivity index (χ0) is 10.3. The maximum atomic E-state index is 4.72. The Hall–Kier alpha value is -1.97. The van der Waals surface area contributed by atoms with Crippen molar-refractivity contribution in [2.45, 2.75) is 13.3 Å². The number of benzene rings is 1. The van der Waals surface area contributed by atoms with E-state index in [0.29, 0.717) is 5.82 Å². The van der Waals surface area contributed by atoms with Gasteiger partial charge in [-0.1, -0.05) is 5.16 Å². The molecule has 74 valence electrons. The third-order valence-electron chi connectivity index (χ3n) is 2.46. The van der Waals surface area contributed by atoms with Crippen molar-refractivity contribution in [1.29, 1.82) is 0 Å². The van der Waals surface area contributed by atoms with Crippen molar-refractivity contribution in [2.75, 3.05) is 0 Å². The van der Waals surface area contributed by atoms with Gasteiger partial charge in [-0.25, -0.2) is 0 Å². The van der Waals surface area contributed by atoms with Crippen LogP contribution in [0.5, 0.6) is 0 Å². The number of rotatable bonds is 1. The number of fused-ring (bicyclic) bond motifs is 1. The van der Waals surface area contributed by atoms with Crippen LogP contribution in [0.15, 0.2) is 34.1 Å². The number of hydrogen-bond acceptors (Lipinski definition) is 4. The van der Waals surface area contributed by atoms with Gasteiger partial charge in [0.25, 0.3) is 0 Å². The monoisotopic (exact) mass is 199 g/mol. The van der Waals surface area contributed by atoms with Gasteiger partial charge in [-0.15, -0.1) is 0 Å². The predicted molar refractivity (Wildman–Crippen MR) is 56.2 cm³/mol. The van der Waals surface area contributed by atoms with Crippen molar-refractivity contribution in [3.63, 3.8) is 0 Å². The summed E-state index contributed by atoms with van der Waals surface area (Å²) in [5.41, 5.74) is 4.41. The van der Waals surface area contributed by atoms with Crippen LogP contribution in [0.4, 0.5) is 5.69 Å². The van der Waals surface area contributed by atoms with Crippen LogP contribution in [-0.4, -0.2) is 15.9 Å². The first-order valence-electron chi connectivity index (χ1n) is 4.77. The van der Waals surface area contributed by atoms with E-state index in [1.54, 1.807) is 0 Å². The van der Waals surface area contributed by atoms with E-state index in [2.05, 4.69) is 21.2 Å². The summed E-state index contributed by atoms with van der Waals surface area (Å²) in [7, 11) is 0. The number of nitrogens with zero attached hydrogens (tertiary/aromatic N) is 3. The summed E-state index contributed by atoms with van der Waals surface area (Å²) >= 11 is 0. The molecule has 15 heavy (non-hydrogen) atoms. The van der Waals surface area contributed by atoms with Crippen molar-refractivity contribution in [1.82, 2.24) is 10.1 Å². The zero-order valence-corrected chi connectivity index (χ0v) is 8.27. The third kappa shape index (κ3) is 1.34. The maximum Gasteiger partial charge on any atom is 0.214 e. The Labute approximate surface area is 86.7 Å². The van der Waals surface area contributed by atoms with Crippen molar-refractivity contribution >= 4 is 11.4 Å². The molecule has 0 unspecified atom stereocenters. The Kier molecular flexibility index (Phi) is 1.68. The molecule has 0 spiro atoms. The largest absolute Gasteiger partial charge is 0.342 e. The van der Waals surface area contributed by atoms with E-state index >= 15 is 0 Å². The summed E-state index contributed by atoms with van der Waals surface area (Å²) in [6.45, 7) is 2.04. The second kappa shape index (κ2) is 3.02. The molecular formula is C11H9N3O. The van der Waals surface area contributed by atoms with E-state index in [1.165, 1.54) is 12.0 Å². The highest BCUT2D eigenvalue weighted by Crippen LogP contribution is 2.30. The Bertz CT molecular complexity index is 529. The second-order valence-electron chi connectivity index (χ2n) is 3.62. The minimum atomic E-state index is 0.627. The quantitative estimate of drug-likeness (QED) is 0.708. The van der Waals surface area contributed by atoms with Gasteiger partial charge in [-0.3, -0.25) is 4.99 Å². The molecular weight excluding hydrogens is 190 g/mol. The fourth-order valence-corrected chi connectivity index (χ4v) is 1.79. The summed E-state index contributed by atoms with van der Waals surface area (Å²) in [5.74, 6) is 0.627. The van der Waals surface area contributed by atoms with Gasteiger partial charge in [0.15, 0.2) is 0 Å². The summed E-state index contributed by atoms with van der Waals surface area (Å²) in [6, 6.07) is 6.03. The van der Waals surface area contributed by atoms with E-state index in [1.807, 2.05) is 19.1 Å². The van der Waals surface area contributed by atoms with Gasteiger partial charge in [0.1, 0.15) is 0 Å². The fraction of sp³-hybridized carbons (Fsp3) is 0.182. The van der Waals surface area contributed by atoms with Gasteiger partial charge >= 0.3 is 0 Å². The molecule has 0 aliphatic carbocycles. The predicted octanol–water partition coefficient (Wildman–Crippen LogP) is 2.39. The summed E-state index contributed by atoms with van der Waals surface area (Å²) in [6.07, 6.45) is 2.26. The van der Waals surface area contributed by atoms with Crippen LogP contribution in [0, 0.1) is 0 Å². The molecule has 3 rings (SSSR count). The van der Waals surface area contributed by atoms with Crippen LogP contribution in [-0.2, 0) is 6.42 Å². The smallest absolute Gasteiger partial charge is 0.214 e. The molecule has 4 nitrogen and oxygen atoms in total. The summed E-state index contributed by atoms with van der Waals surface area (Å²) in [5, 5.41) is 3.81. The SMILES string of the molecule is CC1=Nc2ccc(-c3ncon3)cc2C1. The lowest BCUT2D eigenvalue weighted by molar-refractivity contribution is 0.419. The number of aliphatic imine (C=N–C) groups is 1. The molecule has 0 amide bonds. The van der Waals surface area contributed by atoms with Gasteiger partial charge < -0.3 is 4.52 Å². The molecule has 2 aromatic rings. The molecule has 4 heteroatoms. The van der Waals surface area contributed by atoms with Gasteiger partial charge in [0.05, 0.1) is 5.69 Å². The lowest BCUT2D eigenvalue weighted by atomic mass is 10.1. The Balaban J connectivity index is 2.07. The zero-order valence-electron chi connectivity index (χ0n) is 8.27. The Morgan fingerprint density at radius 2 is 2.27 bits per heavy atom. The molecule has 0 saturated carbocycles. The van der Waals surface area contributed by atoms with Crippen LogP contribution in [0.1, 0.15) is 12.5 Å². The average molecular weight is 199 g/mol. The van der Waals surface area contributed by atoms with Gasteiger partial charge in [0, 0.05) is 17.7 Å². The first kappa shape index (κ1) is 8.35. The standard InChI is InChI=1S/C11H9N3O/c1-7-4-9-5-8(2-3-10(9)13-7)11-12-6-15-14-11/h2-3,5-6H,4H2,1H3. The lowest BCUT2D eigenvalue weighted by Gasteiger charge is -1.99. The van der Waals surface area contributed by atoms with E-state index < -0.39 is 0 Å². The normalized spacial score (nSPS) is 13.8. The lowest BCUT2D eigenvalue weighted by Crippen LogP contribution is -1.89. The van der Waals surface area contributed by atoms with Crippen molar-refractivity contribution < 1.29 is 4.52 Å². The average Bonchev–Trinajstić information content (AvgIpc) is 2.82. The second-order valence-corrected chi connectivity index (χ2v) is 3.62. The fourth-order valence-electron chi connectivity index (χ4n) is 1.79. The maximum absolute atomic E-state index is 4.72. The first-order valence-corrected chi connectivity index (χ1v) is 4.77.